The van der Waals surface area contributed by atoms with Crippen molar-refractivity contribution in [1.29, 1.82) is 0 Å². The first-order valence-corrected chi connectivity index (χ1v) is 5.62. The van der Waals surface area contributed by atoms with Crippen LogP contribution in [0.4, 0.5) is 13.2 Å². The molecule has 5 nitrogen and oxygen atoms in total. The third-order valence-corrected chi connectivity index (χ3v) is 2.58. The summed E-state index contributed by atoms with van der Waals surface area (Å²) in [4.78, 5) is 8.70. The molecule has 1 aromatic carbocycles. The summed E-state index contributed by atoms with van der Waals surface area (Å²) in [6.07, 6.45) is -4.35. The number of hydrogen-bond acceptors (Lipinski definition) is 5. The van der Waals surface area contributed by atoms with Crippen LogP contribution in [0.1, 0.15) is 11.1 Å². The van der Waals surface area contributed by atoms with Crippen molar-refractivity contribution in [3.05, 3.63) is 35.7 Å². The van der Waals surface area contributed by atoms with Crippen LogP contribution in [0.15, 0.2) is 29.0 Å². The van der Waals surface area contributed by atoms with E-state index in [2.05, 4.69) is 27.6 Å². The lowest BCUT2D eigenvalue weighted by molar-refractivity contribution is -0.156. The van der Waals surface area contributed by atoms with Gasteiger partial charge < -0.3 is 9.73 Å². The van der Waals surface area contributed by atoms with Crippen molar-refractivity contribution in [3.8, 4) is 11.5 Å². The Morgan fingerprint density at radius 3 is 2.55 bits per heavy atom. The molecule has 0 saturated heterocycles. The fourth-order valence-electron chi connectivity index (χ4n) is 1.73. The van der Waals surface area contributed by atoms with Gasteiger partial charge in [-0.15, -0.1) is 10.2 Å². The van der Waals surface area contributed by atoms with E-state index in [-0.39, 0.29) is 0 Å². The zero-order valence-corrected chi connectivity index (χ0v) is 10.1. The van der Waals surface area contributed by atoms with Gasteiger partial charge in [-0.2, -0.15) is 13.2 Å². The maximum absolute atomic E-state index is 10.4. The van der Waals surface area contributed by atoms with Crippen LogP contribution in [-0.2, 0) is 17.9 Å². The van der Waals surface area contributed by atoms with Gasteiger partial charge in [0.25, 0.3) is 0 Å². The highest BCUT2D eigenvalue weighted by atomic mass is 19.4. The van der Waals surface area contributed by atoms with Crippen LogP contribution < -0.4 is 5.32 Å². The van der Waals surface area contributed by atoms with Gasteiger partial charge in [0.05, 0.1) is 0 Å². The number of carbonyl (C=O) groups excluding carboxylic acids is 1. The van der Waals surface area contributed by atoms with E-state index in [9.17, 15) is 13.2 Å². The van der Waals surface area contributed by atoms with Crippen LogP contribution in [0.3, 0.4) is 0 Å². The normalized spacial score (nSPS) is 13.3. The molecule has 1 N–H and O–H groups in total. The first kappa shape index (κ1) is 14.2. The molecule has 3 rings (SSSR count). The molecule has 0 aliphatic carbocycles. The van der Waals surface area contributed by atoms with Gasteiger partial charge in [0, 0.05) is 18.7 Å². The van der Waals surface area contributed by atoms with Crippen molar-refractivity contribution in [1.82, 2.24) is 15.5 Å². The van der Waals surface area contributed by atoms with E-state index in [1.165, 1.54) is 17.5 Å². The first-order valence-electron chi connectivity index (χ1n) is 5.62. The van der Waals surface area contributed by atoms with Gasteiger partial charge in [-0.05, 0) is 23.3 Å². The van der Waals surface area contributed by atoms with Crippen LogP contribution in [0.5, 0.6) is 0 Å². The minimum atomic E-state index is -4.64. The molecule has 1 aromatic heterocycles. The lowest BCUT2D eigenvalue weighted by Gasteiger charge is -1.99. The molecule has 0 atom stereocenters. The zero-order chi connectivity index (χ0) is 14.6. The van der Waals surface area contributed by atoms with Crippen LogP contribution >= 0.6 is 0 Å². The Hall–Kier alpha value is -2.22. The van der Waals surface area contributed by atoms with E-state index in [0.29, 0.717) is 5.89 Å². The number of fused-ring (bicyclic) bond motifs is 1. The fraction of sp³-hybridized carbons (Fsp3) is 0.250. The predicted molar refractivity (Wildman–Crippen MR) is 62.4 cm³/mol. The summed E-state index contributed by atoms with van der Waals surface area (Å²) in [6.45, 7) is 1.89. The van der Waals surface area contributed by atoms with Crippen LogP contribution in [0, 0.1) is 0 Å². The highest BCUT2D eigenvalue weighted by molar-refractivity contribution is 5.56. The lowest BCUT2D eigenvalue weighted by Crippen LogP contribution is -2.07. The molecule has 0 amide bonds. The number of carbonyl (C=O) groups is 1. The first-order chi connectivity index (χ1) is 9.49. The third-order valence-electron chi connectivity index (χ3n) is 2.58. The van der Waals surface area contributed by atoms with E-state index >= 15 is 0 Å². The summed E-state index contributed by atoms with van der Waals surface area (Å²) in [6, 6.07) is 6.22. The monoisotopic (exact) mass is 285 g/mol. The molecule has 0 saturated carbocycles. The van der Waals surface area contributed by atoms with Crippen molar-refractivity contribution >= 4 is 6.29 Å². The Bertz CT molecular complexity index is 582. The molecule has 2 heterocycles. The van der Waals surface area contributed by atoms with Gasteiger partial charge in [-0.25, -0.2) is 0 Å². The number of halogens is 3. The minimum absolute atomic E-state index is 0.583. The number of benzene rings is 1. The van der Waals surface area contributed by atoms with E-state index < -0.39 is 12.5 Å². The quantitative estimate of drug-likeness (QED) is 0.812. The van der Waals surface area contributed by atoms with Gasteiger partial charge in [-0.3, -0.25) is 4.79 Å². The molecule has 106 valence electrons. The minimum Gasteiger partial charge on any atom is -0.423 e. The van der Waals surface area contributed by atoms with Crippen molar-refractivity contribution in [3.63, 3.8) is 0 Å². The number of aldehydes is 1. The predicted octanol–water partition coefficient (Wildman–Crippen LogP) is 2.09. The van der Waals surface area contributed by atoms with E-state index in [4.69, 9.17) is 9.21 Å². The van der Waals surface area contributed by atoms with Gasteiger partial charge in [0.15, 0.2) is 0 Å². The number of alkyl halides is 3. The molecule has 0 fully saturated rings. The molecule has 8 heteroatoms. The van der Waals surface area contributed by atoms with Crippen molar-refractivity contribution < 1.29 is 22.4 Å². The smallest absolute Gasteiger partial charge is 0.423 e. The summed E-state index contributed by atoms with van der Waals surface area (Å²) in [5, 5.41) is 10.8. The molecule has 0 bridgehead atoms. The Morgan fingerprint density at radius 2 is 1.95 bits per heavy atom. The van der Waals surface area contributed by atoms with Gasteiger partial charge in [-0.1, -0.05) is 6.07 Å². The van der Waals surface area contributed by atoms with Gasteiger partial charge >= 0.3 is 6.18 Å². The Morgan fingerprint density at radius 1 is 1.25 bits per heavy atom. The van der Waals surface area contributed by atoms with E-state index in [0.717, 1.165) is 18.7 Å². The molecule has 1 aliphatic rings. The Labute approximate surface area is 111 Å². The number of rotatable bonds is 1. The molecule has 0 radical (unpaired) electrons. The number of nitrogens with zero attached hydrogens (tertiary/aromatic N) is 2. The maximum Gasteiger partial charge on any atom is 0.446 e. The molecule has 1 aliphatic heterocycles. The van der Waals surface area contributed by atoms with Gasteiger partial charge in [0.1, 0.15) is 0 Å². The van der Waals surface area contributed by atoms with E-state index in [1.54, 1.807) is 0 Å². The molecule has 0 spiro atoms. The highest BCUT2D eigenvalue weighted by Crippen LogP contribution is 2.23. The number of nitrogens with one attached hydrogen (secondary N) is 1. The Balaban J connectivity index is 0.000000212. The van der Waals surface area contributed by atoms with E-state index in [1.807, 2.05) is 6.07 Å². The molecular formula is C12H10F3N3O2. The molecular weight excluding hydrogens is 275 g/mol. The standard InChI is InChI=1S/C10H9N3O.C2HF3O/c1-2-8-4-11-5-9(8)3-7(1)10-13-12-6-14-10;3-2(4,5)1-6/h1-3,6,11H,4-5H2;1H. The summed E-state index contributed by atoms with van der Waals surface area (Å²) >= 11 is 0. The zero-order valence-electron chi connectivity index (χ0n) is 10.1. The average Bonchev–Trinajstić information content (AvgIpc) is 3.09. The second kappa shape index (κ2) is 5.83. The van der Waals surface area contributed by atoms with Crippen molar-refractivity contribution in [2.45, 2.75) is 19.3 Å². The fourth-order valence-corrected chi connectivity index (χ4v) is 1.73. The summed E-state index contributed by atoms with van der Waals surface area (Å²) in [5.74, 6) is 0.583. The van der Waals surface area contributed by atoms with Crippen LogP contribution in [-0.4, -0.2) is 22.7 Å². The number of hydrogen-bond donors (Lipinski definition) is 1. The third kappa shape index (κ3) is 3.64. The largest absolute Gasteiger partial charge is 0.446 e. The molecule has 0 unspecified atom stereocenters. The maximum atomic E-state index is 10.4. The van der Waals surface area contributed by atoms with Gasteiger partial charge in [0.2, 0.25) is 18.6 Å². The average molecular weight is 285 g/mol. The summed E-state index contributed by atoms with van der Waals surface area (Å²) < 4.78 is 36.4. The summed E-state index contributed by atoms with van der Waals surface area (Å²) in [5.41, 5.74) is 3.67. The topological polar surface area (TPSA) is 68.0 Å². The lowest BCUT2D eigenvalue weighted by atomic mass is 10.1. The molecule has 2 aromatic rings. The Kier molecular flexibility index (Phi) is 4.14. The van der Waals surface area contributed by atoms with Crippen LogP contribution in [0.2, 0.25) is 0 Å². The summed E-state index contributed by atoms with van der Waals surface area (Å²) in [7, 11) is 0. The second-order valence-electron chi connectivity index (χ2n) is 3.99. The SMILES string of the molecule is O=CC(F)(F)F.c1nnc(-c2ccc3c(c2)CNC3)o1. The second-order valence-corrected chi connectivity index (χ2v) is 3.99. The number of aromatic nitrogens is 2. The highest BCUT2D eigenvalue weighted by Gasteiger charge is 2.24. The van der Waals surface area contributed by atoms with Crippen molar-refractivity contribution in [2.75, 3.05) is 0 Å². The van der Waals surface area contributed by atoms with Crippen LogP contribution in [0.25, 0.3) is 11.5 Å². The van der Waals surface area contributed by atoms with Crippen molar-refractivity contribution in [2.24, 2.45) is 0 Å². The molecule has 20 heavy (non-hydrogen) atoms.